The van der Waals surface area contributed by atoms with E-state index < -0.39 is 66.4 Å². The molecular weight excluding hydrogens is 1610 g/mol. The fourth-order valence-electron chi connectivity index (χ4n) is 20.1. The second-order valence-corrected chi connectivity index (χ2v) is 34.3. The number of anilines is 21. The highest BCUT2D eigenvalue weighted by molar-refractivity contribution is 7.34. The van der Waals surface area contributed by atoms with E-state index in [0.29, 0.717) is 101 Å². The van der Waals surface area contributed by atoms with E-state index in [1.54, 1.807) is 37.4 Å². The highest BCUT2D eigenvalue weighted by Crippen LogP contribution is 2.57. The fraction of sp³-hybridized carbons (Fsp3) is 0. The first-order valence-electron chi connectivity index (χ1n) is 41.6. The zero-order chi connectivity index (χ0) is 83.8. The first kappa shape index (κ1) is 73.4. The summed E-state index contributed by atoms with van der Waals surface area (Å²) >= 11 is 3.22. The SMILES string of the molecule is Fc1cccc(F)c1N1c2cc3c(cc2B2c4cc5c(cc4Oc4cc(N(c6ccccc6)c6ccccc6)cc1c42)N(c1c(F)cccc1F)c1cc(N(c2ccccc2)c2ccccc2)cc2c1B5c1sc4ccccc4c1O2)B1c2sc4ccccc4c2N(c2ccccc2)c2cc(N(c4ccccc4)c4ccccc4)cc(c21)N3c1c(F)cccc1F. The lowest BCUT2D eigenvalue weighted by Gasteiger charge is -2.46. The van der Waals surface area contributed by atoms with Crippen LogP contribution < -0.4 is 91.6 Å². The van der Waals surface area contributed by atoms with Gasteiger partial charge in [-0.15, -0.1) is 22.7 Å². The molecule has 0 N–H and O–H groups in total. The third-order valence-corrected chi connectivity index (χ3v) is 27.6. The summed E-state index contributed by atoms with van der Waals surface area (Å²) in [4.78, 5) is 13.6. The number of para-hydroxylation sites is 10. The Morgan fingerprint density at radius 3 is 1.00 bits per heavy atom. The molecular formula is C106H62B3F6N7O2S2. The van der Waals surface area contributed by atoms with Gasteiger partial charge >= 0.3 is 0 Å². The molecule has 9 nitrogen and oxygen atoms in total. The molecule has 2 aromatic heterocycles. The van der Waals surface area contributed by atoms with Gasteiger partial charge in [0.25, 0.3) is 20.1 Å². The number of nitrogens with zero attached hydrogens (tertiary/aromatic N) is 7. The van der Waals surface area contributed by atoms with Crippen LogP contribution in [0.25, 0.3) is 20.2 Å². The first-order valence-corrected chi connectivity index (χ1v) is 43.2. The number of ether oxygens (including phenoxy) is 2. The number of rotatable bonds is 13. The lowest BCUT2D eigenvalue weighted by molar-refractivity contribution is 0.487. The molecule has 126 heavy (non-hydrogen) atoms. The number of fused-ring (bicyclic) bond motifs is 16. The van der Waals surface area contributed by atoms with Crippen LogP contribution in [0.1, 0.15) is 0 Å². The number of hydrogen-bond acceptors (Lipinski definition) is 11. The summed E-state index contributed by atoms with van der Waals surface area (Å²) in [5.41, 5.74) is 14.3. The zero-order valence-corrected chi connectivity index (χ0v) is 68.2. The zero-order valence-electron chi connectivity index (χ0n) is 66.6. The molecule has 6 aliphatic heterocycles. The maximum atomic E-state index is 18.5. The van der Waals surface area contributed by atoms with E-state index in [1.807, 2.05) is 267 Å². The molecule has 6 aliphatic rings. The van der Waals surface area contributed by atoms with E-state index in [0.717, 1.165) is 86.4 Å². The van der Waals surface area contributed by atoms with Crippen LogP contribution in [0.15, 0.2) is 376 Å². The molecule has 0 spiro atoms. The van der Waals surface area contributed by atoms with Crippen molar-refractivity contribution >= 4 is 230 Å². The van der Waals surface area contributed by atoms with E-state index >= 15 is 26.3 Å². The molecule has 0 amide bonds. The highest BCUT2D eigenvalue weighted by atomic mass is 32.1. The summed E-state index contributed by atoms with van der Waals surface area (Å²) in [6.07, 6.45) is 0. The Balaban J connectivity index is 0.822. The molecule has 19 aromatic rings. The molecule has 20 heteroatoms. The Labute approximate surface area is 729 Å². The summed E-state index contributed by atoms with van der Waals surface area (Å²) in [7, 11) is 0. The second-order valence-electron chi connectivity index (χ2n) is 32.1. The minimum Gasteiger partial charge on any atom is -0.458 e. The molecule has 0 bridgehead atoms. The topological polar surface area (TPSA) is 41.1 Å². The Bertz CT molecular complexity index is 7550. The van der Waals surface area contributed by atoms with Gasteiger partial charge in [-0.2, -0.15) is 0 Å². The summed E-state index contributed by atoms with van der Waals surface area (Å²) in [6.45, 7) is -2.40. The van der Waals surface area contributed by atoms with Crippen molar-refractivity contribution in [2.45, 2.75) is 0 Å². The number of benzene rings is 17. The van der Waals surface area contributed by atoms with Crippen LogP contribution in [-0.4, -0.2) is 20.1 Å². The molecule has 25 rings (SSSR count). The summed E-state index contributed by atoms with van der Waals surface area (Å²) in [5, 5.41) is 1.84. The molecule has 0 unspecified atom stereocenters. The van der Waals surface area contributed by atoms with E-state index in [1.165, 1.54) is 54.6 Å². The molecule has 596 valence electrons. The van der Waals surface area contributed by atoms with Crippen LogP contribution in [0, 0.1) is 34.9 Å². The van der Waals surface area contributed by atoms with Crippen LogP contribution in [-0.2, 0) is 0 Å². The van der Waals surface area contributed by atoms with Gasteiger partial charge in [-0.05, 0) is 208 Å². The first-order chi connectivity index (χ1) is 62.0. The van der Waals surface area contributed by atoms with Crippen LogP contribution in [0.2, 0.25) is 0 Å². The standard InChI is InChI=1S/C106H62B3F6N7O2S2/c110-79-45-26-46-80(111)101(79)120-86-61-85-75(59-76(86)108-97-88(119(69-41-20-7-21-42-69)100-73-43-22-24-51-95(73)125-105(100)108)53-70(54-89(97)120)116(63-29-8-1-9-30-63)64-31-10-2-11-32-64)107-78-60-77-87(62-92(78)123-93-57-71(117(65-33-12-3-13-34-65)66-35-14-4-15-36-66)55-90(98(93)107)121(85)102-81(112)47-27-48-82(102)113)122(103-83(114)49-28-50-84(103)115)91-56-72(118(67-37-16-5-17-38-67)68-39-18-6-19-40-68)58-94-99(91)109(77)106-104(124-94)74-44-23-25-52-96(74)126-106/h1-62H. The van der Waals surface area contributed by atoms with Crippen LogP contribution in [0.4, 0.5) is 146 Å². The molecule has 0 atom stereocenters. The minimum absolute atomic E-state index is 0.263. The summed E-state index contributed by atoms with van der Waals surface area (Å²) < 4.78 is 129. The molecule has 0 saturated heterocycles. The lowest BCUT2D eigenvalue weighted by atomic mass is 9.30. The highest BCUT2D eigenvalue weighted by Gasteiger charge is 2.53. The number of hydrogen-bond donors (Lipinski definition) is 0. The summed E-state index contributed by atoms with van der Waals surface area (Å²) in [6, 6.07) is 118. The maximum absolute atomic E-state index is 18.5. The van der Waals surface area contributed by atoms with Crippen molar-refractivity contribution in [2.24, 2.45) is 0 Å². The lowest BCUT2D eigenvalue weighted by Crippen LogP contribution is -2.65. The van der Waals surface area contributed by atoms with Crippen molar-refractivity contribution in [3.63, 3.8) is 0 Å². The van der Waals surface area contributed by atoms with Gasteiger partial charge in [0.1, 0.15) is 75.0 Å². The van der Waals surface area contributed by atoms with E-state index in [4.69, 9.17) is 9.47 Å². The van der Waals surface area contributed by atoms with E-state index in [-0.39, 0.29) is 11.4 Å². The van der Waals surface area contributed by atoms with Crippen molar-refractivity contribution in [3.8, 4) is 23.0 Å². The number of thiophene rings is 2. The quantitative estimate of drug-likeness (QED) is 0.0829. The Kier molecular flexibility index (Phi) is 16.7. The van der Waals surface area contributed by atoms with Crippen LogP contribution in [0.5, 0.6) is 23.0 Å². The fourth-order valence-corrected chi connectivity index (χ4v) is 22.7. The normalized spacial score (nSPS) is 13.2. The molecule has 0 radical (unpaired) electrons. The Morgan fingerprint density at radius 1 is 0.230 bits per heavy atom. The molecule has 8 heterocycles. The predicted octanol–water partition coefficient (Wildman–Crippen LogP) is 24.3. The van der Waals surface area contributed by atoms with E-state index in [2.05, 4.69) is 74.2 Å². The van der Waals surface area contributed by atoms with Crippen LogP contribution >= 0.6 is 22.7 Å². The predicted molar refractivity (Wildman–Crippen MR) is 507 cm³/mol. The largest absolute Gasteiger partial charge is 0.458 e. The maximum Gasteiger partial charge on any atom is 0.268 e. The van der Waals surface area contributed by atoms with Gasteiger partial charge in [-0.25, -0.2) is 26.3 Å². The van der Waals surface area contributed by atoms with Crippen molar-refractivity contribution in [1.29, 1.82) is 0 Å². The van der Waals surface area contributed by atoms with Gasteiger partial charge < -0.3 is 43.8 Å². The van der Waals surface area contributed by atoms with Crippen molar-refractivity contribution in [1.82, 2.24) is 0 Å². The van der Waals surface area contributed by atoms with Gasteiger partial charge in [0.15, 0.2) is 0 Å². The molecule has 17 aromatic carbocycles. The average Bonchev–Trinajstić information content (AvgIpc) is 1.12. The van der Waals surface area contributed by atoms with E-state index in [9.17, 15) is 0 Å². The van der Waals surface area contributed by atoms with Gasteiger partial charge in [0.2, 0.25) is 0 Å². The Hall–Kier alpha value is -15.4. The van der Waals surface area contributed by atoms with Gasteiger partial charge in [0, 0.05) is 128 Å². The van der Waals surface area contributed by atoms with Crippen LogP contribution in [0.3, 0.4) is 0 Å². The third kappa shape index (κ3) is 11.1. The molecule has 0 fully saturated rings. The van der Waals surface area contributed by atoms with Gasteiger partial charge in [-0.3, -0.25) is 0 Å². The summed E-state index contributed by atoms with van der Waals surface area (Å²) in [5.74, 6) is -3.54. The molecule has 0 aliphatic carbocycles. The minimum atomic E-state index is -0.959. The molecule has 0 saturated carbocycles. The van der Waals surface area contributed by atoms with Gasteiger partial charge in [0.05, 0.1) is 22.7 Å². The smallest absolute Gasteiger partial charge is 0.268 e. The number of halogens is 6. The average molecular weight is 1680 g/mol. The van der Waals surface area contributed by atoms with Gasteiger partial charge in [-0.1, -0.05) is 188 Å². The Morgan fingerprint density at radius 2 is 0.556 bits per heavy atom. The third-order valence-electron chi connectivity index (χ3n) is 25.2. The van der Waals surface area contributed by atoms with Crippen molar-refractivity contribution < 1.29 is 35.8 Å². The monoisotopic (exact) mass is 1680 g/mol. The second kappa shape index (κ2) is 28.6. The van der Waals surface area contributed by atoms with Crippen molar-refractivity contribution in [2.75, 3.05) is 34.3 Å². The van der Waals surface area contributed by atoms with Crippen molar-refractivity contribution in [3.05, 3.63) is 411 Å².